The summed E-state index contributed by atoms with van der Waals surface area (Å²) < 4.78 is 10.4. The van der Waals surface area contributed by atoms with E-state index in [9.17, 15) is 0 Å². The predicted molar refractivity (Wildman–Crippen MR) is 38.8 cm³/mol. The van der Waals surface area contributed by atoms with Crippen molar-refractivity contribution in [2.24, 2.45) is 11.7 Å². The first-order chi connectivity index (χ1) is 4.93. The van der Waals surface area contributed by atoms with Gasteiger partial charge in [-0.15, -0.1) is 0 Å². The summed E-state index contributed by atoms with van der Waals surface area (Å²) in [6.07, 6.45) is 1.14. The molecule has 1 aliphatic rings. The van der Waals surface area contributed by atoms with E-state index in [1.54, 1.807) is 0 Å². The molecule has 1 unspecified atom stereocenters. The summed E-state index contributed by atoms with van der Waals surface area (Å²) in [5, 5.41) is 0. The van der Waals surface area contributed by atoms with Gasteiger partial charge in [0.05, 0.1) is 19.8 Å². The molecule has 10 heavy (non-hydrogen) atoms. The van der Waals surface area contributed by atoms with Crippen LogP contribution in [-0.2, 0) is 9.47 Å². The Kier molecular flexibility index (Phi) is 3.72. The molecule has 0 aromatic rings. The van der Waals surface area contributed by atoms with E-state index in [1.807, 2.05) is 0 Å². The molecule has 0 aromatic heterocycles. The molecule has 1 atom stereocenters. The number of rotatable bonds is 4. The zero-order valence-electron chi connectivity index (χ0n) is 6.21. The van der Waals surface area contributed by atoms with Gasteiger partial charge in [-0.05, 0) is 6.42 Å². The first kappa shape index (κ1) is 7.98. The Morgan fingerprint density at radius 3 is 3.10 bits per heavy atom. The third-order valence-electron chi connectivity index (χ3n) is 1.64. The molecule has 0 amide bonds. The second kappa shape index (κ2) is 4.66. The number of hydrogen-bond acceptors (Lipinski definition) is 3. The van der Waals surface area contributed by atoms with Crippen molar-refractivity contribution in [2.45, 2.75) is 6.42 Å². The van der Waals surface area contributed by atoms with Gasteiger partial charge < -0.3 is 15.2 Å². The Morgan fingerprint density at radius 1 is 1.60 bits per heavy atom. The highest BCUT2D eigenvalue weighted by molar-refractivity contribution is 4.62. The normalized spacial score (nSPS) is 25.5. The smallest absolute Gasteiger partial charge is 0.0588 e. The summed E-state index contributed by atoms with van der Waals surface area (Å²) in [7, 11) is 0. The molecule has 2 N–H and O–H groups in total. The Balaban J connectivity index is 1.91. The molecule has 0 aromatic carbocycles. The van der Waals surface area contributed by atoms with Gasteiger partial charge in [0, 0.05) is 19.1 Å². The van der Waals surface area contributed by atoms with Gasteiger partial charge in [0.25, 0.3) is 0 Å². The lowest BCUT2D eigenvalue weighted by Gasteiger charge is -2.06. The predicted octanol–water partition coefficient (Wildman–Crippen LogP) is -0.00180. The molecular formula is C7H15NO2. The summed E-state index contributed by atoms with van der Waals surface area (Å²) >= 11 is 0. The minimum atomic E-state index is 0.617. The molecule has 1 heterocycles. The van der Waals surface area contributed by atoms with Gasteiger partial charge in [-0.2, -0.15) is 0 Å². The molecule has 60 valence electrons. The van der Waals surface area contributed by atoms with E-state index in [4.69, 9.17) is 15.2 Å². The van der Waals surface area contributed by atoms with Crippen LogP contribution < -0.4 is 5.73 Å². The number of hydrogen-bond donors (Lipinski definition) is 1. The maximum absolute atomic E-state index is 5.26. The highest BCUT2D eigenvalue weighted by atomic mass is 16.5. The summed E-state index contributed by atoms with van der Waals surface area (Å²) in [5.41, 5.74) is 5.26. The van der Waals surface area contributed by atoms with Crippen LogP contribution in [0.5, 0.6) is 0 Å². The van der Waals surface area contributed by atoms with Crippen LogP contribution in [0.2, 0.25) is 0 Å². The number of nitrogens with two attached hydrogens (primary N) is 1. The fourth-order valence-corrected chi connectivity index (χ4v) is 1.05. The van der Waals surface area contributed by atoms with E-state index in [0.717, 1.165) is 26.2 Å². The Morgan fingerprint density at radius 2 is 2.50 bits per heavy atom. The van der Waals surface area contributed by atoms with Crippen molar-refractivity contribution < 1.29 is 9.47 Å². The zero-order chi connectivity index (χ0) is 7.23. The van der Waals surface area contributed by atoms with Crippen molar-refractivity contribution in [3.63, 3.8) is 0 Å². The van der Waals surface area contributed by atoms with Crippen molar-refractivity contribution in [1.82, 2.24) is 0 Å². The van der Waals surface area contributed by atoms with Gasteiger partial charge in [-0.25, -0.2) is 0 Å². The third kappa shape index (κ3) is 2.64. The highest BCUT2D eigenvalue weighted by Crippen LogP contribution is 2.11. The monoisotopic (exact) mass is 145 g/mol. The van der Waals surface area contributed by atoms with Crippen LogP contribution in [0.4, 0.5) is 0 Å². The zero-order valence-corrected chi connectivity index (χ0v) is 6.21. The highest BCUT2D eigenvalue weighted by Gasteiger charge is 2.14. The minimum absolute atomic E-state index is 0.617. The molecule has 0 radical (unpaired) electrons. The molecule has 1 saturated heterocycles. The second-order valence-electron chi connectivity index (χ2n) is 2.59. The molecule has 3 heteroatoms. The fourth-order valence-electron chi connectivity index (χ4n) is 1.05. The fraction of sp³-hybridized carbons (Fsp3) is 1.00. The van der Waals surface area contributed by atoms with E-state index in [1.165, 1.54) is 0 Å². The molecule has 0 bridgehead atoms. The van der Waals surface area contributed by atoms with E-state index in [2.05, 4.69) is 0 Å². The van der Waals surface area contributed by atoms with Crippen LogP contribution in [0.3, 0.4) is 0 Å². The first-order valence-corrected chi connectivity index (χ1v) is 3.79. The van der Waals surface area contributed by atoms with Crippen LogP contribution in [0, 0.1) is 5.92 Å². The van der Waals surface area contributed by atoms with Crippen molar-refractivity contribution in [3.8, 4) is 0 Å². The summed E-state index contributed by atoms with van der Waals surface area (Å²) in [5.74, 6) is 0.617. The van der Waals surface area contributed by atoms with Crippen LogP contribution in [0.15, 0.2) is 0 Å². The lowest BCUT2D eigenvalue weighted by molar-refractivity contribution is 0.0949. The van der Waals surface area contributed by atoms with Gasteiger partial charge in [-0.3, -0.25) is 0 Å². The Hall–Kier alpha value is -0.120. The lowest BCUT2D eigenvalue weighted by atomic mass is 10.1. The lowest BCUT2D eigenvalue weighted by Crippen LogP contribution is -2.14. The van der Waals surface area contributed by atoms with Crippen LogP contribution in [0.25, 0.3) is 0 Å². The maximum Gasteiger partial charge on any atom is 0.0588 e. The quantitative estimate of drug-likeness (QED) is 0.566. The average Bonchev–Trinajstić information content (AvgIpc) is 2.41. The molecule has 3 nitrogen and oxygen atoms in total. The first-order valence-electron chi connectivity index (χ1n) is 3.79. The molecule has 1 rings (SSSR count). The van der Waals surface area contributed by atoms with E-state index in [0.29, 0.717) is 19.1 Å². The topological polar surface area (TPSA) is 44.5 Å². The molecule has 0 spiro atoms. The van der Waals surface area contributed by atoms with Gasteiger partial charge in [0.1, 0.15) is 0 Å². The minimum Gasteiger partial charge on any atom is -0.381 e. The van der Waals surface area contributed by atoms with Crippen molar-refractivity contribution in [1.29, 1.82) is 0 Å². The molecule has 0 aliphatic carbocycles. The van der Waals surface area contributed by atoms with Gasteiger partial charge in [-0.1, -0.05) is 0 Å². The third-order valence-corrected chi connectivity index (χ3v) is 1.64. The van der Waals surface area contributed by atoms with Crippen LogP contribution >= 0.6 is 0 Å². The molecule has 0 saturated carbocycles. The molecule has 1 aliphatic heterocycles. The van der Waals surface area contributed by atoms with Crippen LogP contribution in [-0.4, -0.2) is 33.0 Å². The Bertz CT molecular complexity index is 81.7. The molecular weight excluding hydrogens is 130 g/mol. The van der Waals surface area contributed by atoms with E-state index < -0.39 is 0 Å². The van der Waals surface area contributed by atoms with Crippen molar-refractivity contribution in [2.75, 3.05) is 33.0 Å². The summed E-state index contributed by atoms with van der Waals surface area (Å²) in [6, 6.07) is 0. The van der Waals surface area contributed by atoms with E-state index >= 15 is 0 Å². The largest absolute Gasteiger partial charge is 0.381 e. The van der Waals surface area contributed by atoms with Crippen molar-refractivity contribution >= 4 is 0 Å². The standard InChI is InChI=1S/C7H15NO2/c8-2-4-10-6-7-1-3-9-5-7/h7H,1-6,8H2. The summed E-state index contributed by atoms with van der Waals surface area (Å²) in [6.45, 7) is 3.88. The SMILES string of the molecule is NCCOCC1CCOC1. The van der Waals surface area contributed by atoms with Crippen molar-refractivity contribution in [3.05, 3.63) is 0 Å². The summed E-state index contributed by atoms with van der Waals surface area (Å²) in [4.78, 5) is 0. The van der Waals surface area contributed by atoms with Crippen LogP contribution in [0.1, 0.15) is 6.42 Å². The number of ether oxygens (including phenoxy) is 2. The van der Waals surface area contributed by atoms with Gasteiger partial charge in [0.2, 0.25) is 0 Å². The van der Waals surface area contributed by atoms with Gasteiger partial charge >= 0.3 is 0 Å². The molecule has 1 fully saturated rings. The second-order valence-corrected chi connectivity index (χ2v) is 2.59. The van der Waals surface area contributed by atoms with Gasteiger partial charge in [0.15, 0.2) is 0 Å². The Labute approximate surface area is 61.5 Å². The average molecular weight is 145 g/mol. The van der Waals surface area contributed by atoms with E-state index in [-0.39, 0.29) is 0 Å². The maximum atomic E-state index is 5.26.